The number of carbonyl (C=O) groups is 2. The van der Waals surface area contributed by atoms with Gasteiger partial charge in [0, 0.05) is 12.1 Å². The second kappa shape index (κ2) is 6.59. The lowest BCUT2D eigenvalue weighted by molar-refractivity contribution is -0.134. The number of hydrogen-bond acceptors (Lipinski definition) is 4. The Balaban J connectivity index is 1.74. The van der Waals surface area contributed by atoms with E-state index in [2.05, 4.69) is 5.32 Å². The van der Waals surface area contributed by atoms with Gasteiger partial charge in [0.15, 0.2) is 5.60 Å². The number of hydrogen-bond donors (Lipinski definition) is 1. The molecule has 0 fully saturated rings. The van der Waals surface area contributed by atoms with Crippen LogP contribution in [0.4, 0.5) is 5.69 Å². The first-order chi connectivity index (χ1) is 11.9. The number of carbonyl (C=O) groups excluding carboxylic acids is 2. The van der Waals surface area contributed by atoms with Crippen LogP contribution in [0.5, 0.6) is 5.75 Å². The minimum absolute atomic E-state index is 0.0843. The van der Waals surface area contributed by atoms with E-state index in [9.17, 15) is 9.59 Å². The summed E-state index contributed by atoms with van der Waals surface area (Å²) in [5.41, 5.74) is 0.718. The molecule has 1 heterocycles. The molecular formula is C20H21NO4. The molecule has 0 aliphatic carbocycles. The van der Waals surface area contributed by atoms with Crippen molar-refractivity contribution in [3.05, 3.63) is 59.7 Å². The highest BCUT2D eigenvalue weighted by atomic mass is 16.6. The summed E-state index contributed by atoms with van der Waals surface area (Å²) in [5, 5.41) is 2.81. The summed E-state index contributed by atoms with van der Waals surface area (Å²) in [4.78, 5) is 24.9. The monoisotopic (exact) mass is 339 g/mol. The van der Waals surface area contributed by atoms with Crippen LogP contribution in [0.3, 0.4) is 0 Å². The molecule has 0 spiro atoms. The summed E-state index contributed by atoms with van der Waals surface area (Å²) in [5.74, 6) is -0.0923. The molecule has 25 heavy (non-hydrogen) atoms. The fourth-order valence-corrected chi connectivity index (χ4v) is 2.81. The van der Waals surface area contributed by atoms with Crippen LogP contribution in [-0.2, 0) is 16.0 Å². The molecule has 0 bridgehead atoms. The molecule has 130 valence electrons. The minimum atomic E-state index is -1.24. The molecule has 1 amide bonds. The molecule has 0 saturated heterocycles. The molecule has 1 aliphatic heterocycles. The number of amides is 1. The zero-order valence-corrected chi connectivity index (χ0v) is 14.5. The lowest BCUT2D eigenvalue weighted by atomic mass is 9.89. The van der Waals surface area contributed by atoms with Gasteiger partial charge in [-0.1, -0.05) is 18.2 Å². The molecule has 5 nitrogen and oxygen atoms in total. The topological polar surface area (TPSA) is 64.6 Å². The van der Waals surface area contributed by atoms with Crippen LogP contribution in [0.1, 0.15) is 36.7 Å². The zero-order chi connectivity index (χ0) is 18.0. The molecule has 5 heteroatoms. The Hall–Kier alpha value is -2.82. The maximum absolute atomic E-state index is 12.7. The van der Waals surface area contributed by atoms with E-state index in [0.717, 1.165) is 11.3 Å². The summed E-state index contributed by atoms with van der Waals surface area (Å²) < 4.78 is 11.0. The van der Waals surface area contributed by atoms with Crippen molar-refractivity contribution < 1.29 is 19.1 Å². The number of cyclic esters (lactones) is 1. The highest BCUT2D eigenvalue weighted by Crippen LogP contribution is 2.29. The van der Waals surface area contributed by atoms with E-state index in [1.807, 2.05) is 26.0 Å². The maximum Gasteiger partial charge on any atom is 0.339 e. The molecule has 0 radical (unpaired) electrons. The minimum Gasteiger partial charge on any atom is -0.491 e. The molecule has 2 aromatic rings. The molecule has 1 aliphatic rings. The van der Waals surface area contributed by atoms with Crippen LogP contribution < -0.4 is 10.1 Å². The standard InChI is InChI=1S/C20H21NO4/c1-13(2)24-16-10-8-15(9-11-16)21-19(23)20(3)12-14-6-4-5-7-17(14)18(22)25-20/h4-11,13H,12H2,1-3H3,(H,21,23). The number of rotatable bonds is 4. The van der Waals surface area contributed by atoms with Crippen molar-refractivity contribution in [1.29, 1.82) is 0 Å². The Morgan fingerprint density at radius 2 is 1.84 bits per heavy atom. The van der Waals surface area contributed by atoms with E-state index in [1.54, 1.807) is 43.3 Å². The Bertz CT molecular complexity index is 798. The van der Waals surface area contributed by atoms with E-state index in [1.165, 1.54) is 0 Å². The van der Waals surface area contributed by atoms with E-state index in [0.29, 0.717) is 17.7 Å². The number of ether oxygens (including phenoxy) is 2. The van der Waals surface area contributed by atoms with E-state index >= 15 is 0 Å². The molecule has 2 aromatic carbocycles. The average Bonchev–Trinajstić information content (AvgIpc) is 2.56. The van der Waals surface area contributed by atoms with Crippen LogP contribution in [0.15, 0.2) is 48.5 Å². The van der Waals surface area contributed by atoms with Crippen LogP contribution in [0, 0.1) is 0 Å². The lowest BCUT2D eigenvalue weighted by Gasteiger charge is -2.33. The van der Waals surface area contributed by atoms with Gasteiger partial charge in [0.1, 0.15) is 5.75 Å². The van der Waals surface area contributed by atoms with Crippen LogP contribution in [0.2, 0.25) is 0 Å². The van der Waals surface area contributed by atoms with Gasteiger partial charge in [0.05, 0.1) is 11.7 Å². The lowest BCUT2D eigenvalue weighted by Crippen LogP contribution is -2.48. The third-order valence-electron chi connectivity index (χ3n) is 4.05. The van der Waals surface area contributed by atoms with E-state index < -0.39 is 11.6 Å². The predicted molar refractivity (Wildman–Crippen MR) is 94.8 cm³/mol. The largest absolute Gasteiger partial charge is 0.491 e. The van der Waals surface area contributed by atoms with Crippen LogP contribution in [0.25, 0.3) is 0 Å². The molecule has 1 N–H and O–H groups in total. The van der Waals surface area contributed by atoms with Crippen molar-refractivity contribution in [3.8, 4) is 5.75 Å². The van der Waals surface area contributed by atoms with Crippen LogP contribution >= 0.6 is 0 Å². The van der Waals surface area contributed by atoms with E-state index in [4.69, 9.17) is 9.47 Å². The first-order valence-electron chi connectivity index (χ1n) is 8.27. The number of benzene rings is 2. The number of fused-ring (bicyclic) bond motifs is 1. The Kier molecular flexibility index (Phi) is 4.49. The van der Waals surface area contributed by atoms with Crippen molar-refractivity contribution >= 4 is 17.6 Å². The van der Waals surface area contributed by atoms with Gasteiger partial charge >= 0.3 is 5.97 Å². The smallest absolute Gasteiger partial charge is 0.339 e. The average molecular weight is 339 g/mol. The molecule has 0 saturated carbocycles. The molecule has 3 rings (SSSR count). The van der Waals surface area contributed by atoms with Gasteiger partial charge in [-0.2, -0.15) is 0 Å². The Morgan fingerprint density at radius 3 is 2.52 bits per heavy atom. The van der Waals surface area contributed by atoms with Crippen molar-refractivity contribution in [2.24, 2.45) is 0 Å². The molecule has 1 atom stereocenters. The summed E-state index contributed by atoms with van der Waals surface area (Å²) in [6, 6.07) is 14.3. The van der Waals surface area contributed by atoms with Gasteiger partial charge in [-0.25, -0.2) is 4.79 Å². The van der Waals surface area contributed by atoms with Gasteiger partial charge in [0.2, 0.25) is 0 Å². The van der Waals surface area contributed by atoms with Gasteiger partial charge < -0.3 is 14.8 Å². The summed E-state index contributed by atoms with van der Waals surface area (Å²) in [6.45, 7) is 5.53. The first-order valence-corrected chi connectivity index (χ1v) is 8.27. The van der Waals surface area contributed by atoms with Crippen molar-refractivity contribution in [2.75, 3.05) is 5.32 Å². The molecule has 1 unspecified atom stereocenters. The Labute approximate surface area is 147 Å². The van der Waals surface area contributed by atoms with Crippen molar-refractivity contribution in [2.45, 2.75) is 38.9 Å². The highest BCUT2D eigenvalue weighted by Gasteiger charge is 2.42. The van der Waals surface area contributed by atoms with Gasteiger partial charge in [-0.05, 0) is 56.7 Å². The second-order valence-corrected chi connectivity index (χ2v) is 6.60. The fraction of sp³-hybridized carbons (Fsp3) is 0.300. The zero-order valence-electron chi connectivity index (χ0n) is 14.5. The quantitative estimate of drug-likeness (QED) is 0.865. The summed E-state index contributed by atoms with van der Waals surface area (Å²) in [6.07, 6.45) is 0.427. The molecule has 0 aromatic heterocycles. The van der Waals surface area contributed by atoms with E-state index in [-0.39, 0.29) is 12.0 Å². The van der Waals surface area contributed by atoms with Crippen LogP contribution in [-0.4, -0.2) is 23.6 Å². The highest BCUT2D eigenvalue weighted by molar-refractivity contribution is 6.02. The van der Waals surface area contributed by atoms with Gasteiger partial charge in [0.25, 0.3) is 5.91 Å². The second-order valence-electron chi connectivity index (χ2n) is 6.60. The van der Waals surface area contributed by atoms with Gasteiger partial charge in [-0.15, -0.1) is 0 Å². The predicted octanol–water partition coefficient (Wildman–Crippen LogP) is 3.58. The fourth-order valence-electron chi connectivity index (χ4n) is 2.81. The van der Waals surface area contributed by atoms with Crippen molar-refractivity contribution in [3.63, 3.8) is 0 Å². The normalized spacial score (nSPS) is 19.1. The first kappa shape index (κ1) is 17.0. The SMILES string of the molecule is CC(C)Oc1ccc(NC(=O)C2(C)Cc3ccccc3C(=O)O2)cc1. The number of esters is 1. The van der Waals surface area contributed by atoms with Gasteiger partial charge in [-0.3, -0.25) is 4.79 Å². The maximum atomic E-state index is 12.7. The Morgan fingerprint density at radius 1 is 1.16 bits per heavy atom. The number of nitrogens with one attached hydrogen (secondary N) is 1. The van der Waals surface area contributed by atoms with Crippen molar-refractivity contribution in [1.82, 2.24) is 0 Å². The summed E-state index contributed by atoms with van der Waals surface area (Å²) in [7, 11) is 0. The number of anilines is 1. The molecular weight excluding hydrogens is 318 g/mol. The third kappa shape index (κ3) is 3.65. The third-order valence-corrected chi connectivity index (χ3v) is 4.05. The summed E-state index contributed by atoms with van der Waals surface area (Å²) >= 11 is 0.